The van der Waals surface area contributed by atoms with E-state index in [0.29, 0.717) is 11.6 Å². The molecule has 0 aliphatic rings. The van der Waals surface area contributed by atoms with Crippen LogP contribution in [0.3, 0.4) is 0 Å². The SMILES string of the molecule is CCc1nc(Cl)c(C)c(Cc2ccc3ccccc3n2)n1. The molecule has 0 amide bonds. The molecule has 0 saturated heterocycles. The van der Waals surface area contributed by atoms with Crippen molar-refractivity contribution in [3.63, 3.8) is 0 Å². The minimum absolute atomic E-state index is 0.539. The van der Waals surface area contributed by atoms with E-state index in [9.17, 15) is 0 Å². The van der Waals surface area contributed by atoms with E-state index in [2.05, 4.69) is 22.1 Å². The number of pyridine rings is 1. The molecule has 0 bridgehead atoms. The molecule has 0 N–H and O–H groups in total. The molecule has 0 saturated carbocycles. The topological polar surface area (TPSA) is 38.7 Å². The van der Waals surface area contributed by atoms with Gasteiger partial charge in [0.1, 0.15) is 11.0 Å². The van der Waals surface area contributed by atoms with E-state index in [-0.39, 0.29) is 0 Å². The predicted octanol–water partition coefficient (Wildman–Crippen LogP) is 4.14. The Labute approximate surface area is 129 Å². The third-order valence-electron chi connectivity index (χ3n) is 3.55. The molecule has 2 heterocycles. The minimum Gasteiger partial charge on any atom is -0.252 e. The molecule has 0 unspecified atom stereocenters. The number of nitrogens with zero attached hydrogens (tertiary/aromatic N) is 3. The first-order valence-corrected chi connectivity index (χ1v) is 7.41. The van der Waals surface area contributed by atoms with Crippen LogP contribution in [0.5, 0.6) is 0 Å². The average molecular weight is 298 g/mol. The Hall–Kier alpha value is -2.00. The molecule has 0 spiro atoms. The number of rotatable bonds is 3. The molecule has 0 aliphatic carbocycles. The van der Waals surface area contributed by atoms with E-state index in [1.54, 1.807) is 0 Å². The van der Waals surface area contributed by atoms with E-state index < -0.39 is 0 Å². The van der Waals surface area contributed by atoms with Crippen molar-refractivity contribution in [3.05, 3.63) is 64.3 Å². The van der Waals surface area contributed by atoms with Crippen molar-refractivity contribution in [1.82, 2.24) is 15.0 Å². The molecule has 4 heteroatoms. The van der Waals surface area contributed by atoms with E-state index in [0.717, 1.165) is 40.1 Å². The standard InChI is InChI=1S/C17H16ClN3/c1-3-16-20-15(11(2)17(18)21-16)10-13-9-8-12-6-4-5-7-14(12)19-13/h4-9H,3,10H2,1-2H3. The van der Waals surface area contributed by atoms with Crippen LogP contribution in [-0.2, 0) is 12.8 Å². The summed E-state index contributed by atoms with van der Waals surface area (Å²) in [4.78, 5) is 13.6. The van der Waals surface area contributed by atoms with Gasteiger partial charge in [0, 0.05) is 29.5 Å². The van der Waals surface area contributed by atoms with Crippen LogP contribution in [0.25, 0.3) is 10.9 Å². The molecule has 3 rings (SSSR count). The smallest absolute Gasteiger partial charge is 0.135 e. The van der Waals surface area contributed by atoms with Crippen LogP contribution in [-0.4, -0.2) is 15.0 Å². The summed E-state index contributed by atoms with van der Waals surface area (Å²) in [6, 6.07) is 12.2. The summed E-state index contributed by atoms with van der Waals surface area (Å²) in [6.07, 6.45) is 1.45. The van der Waals surface area contributed by atoms with Crippen molar-refractivity contribution < 1.29 is 0 Å². The van der Waals surface area contributed by atoms with Crippen LogP contribution >= 0.6 is 11.6 Å². The minimum atomic E-state index is 0.539. The molecule has 3 nitrogen and oxygen atoms in total. The molecule has 0 aliphatic heterocycles. The van der Waals surface area contributed by atoms with E-state index in [1.165, 1.54) is 0 Å². The number of aromatic nitrogens is 3. The quantitative estimate of drug-likeness (QED) is 0.682. The predicted molar refractivity (Wildman–Crippen MR) is 85.7 cm³/mol. The van der Waals surface area contributed by atoms with Gasteiger partial charge in [0.2, 0.25) is 0 Å². The number of fused-ring (bicyclic) bond motifs is 1. The Morgan fingerprint density at radius 2 is 1.81 bits per heavy atom. The first-order chi connectivity index (χ1) is 10.2. The molecular formula is C17H16ClN3. The van der Waals surface area contributed by atoms with Gasteiger partial charge in [-0.1, -0.05) is 42.8 Å². The third-order valence-corrected chi connectivity index (χ3v) is 3.92. The monoisotopic (exact) mass is 297 g/mol. The van der Waals surface area contributed by atoms with Crippen LogP contribution in [0.1, 0.15) is 29.7 Å². The fourth-order valence-electron chi connectivity index (χ4n) is 2.29. The van der Waals surface area contributed by atoms with Gasteiger partial charge in [-0.15, -0.1) is 0 Å². The molecule has 3 aromatic rings. The van der Waals surface area contributed by atoms with Crippen molar-refractivity contribution >= 4 is 22.5 Å². The second-order valence-corrected chi connectivity index (χ2v) is 5.39. The lowest BCUT2D eigenvalue weighted by atomic mass is 10.1. The van der Waals surface area contributed by atoms with Gasteiger partial charge in [-0.25, -0.2) is 9.97 Å². The maximum atomic E-state index is 6.19. The Balaban J connectivity index is 2.00. The van der Waals surface area contributed by atoms with Gasteiger partial charge >= 0.3 is 0 Å². The van der Waals surface area contributed by atoms with E-state index in [1.807, 2.05) is 38.1 Å². The zero-order valence-corrected chi connectivity index (χ0v) is 12.9. The lowest BCUT2D eigenvalue weighted by molar-refractivity contribution is 0.876. The molecule has 0 radical (unpaired) electrons. The number of hydrogen-bond donors (Lipinski definition) is 0. The number of hydrogen-bond acceptors (Lipinski definition) is 3. The summed E-state index contributed by atoms with van der Waals surface area (Å²) >= 11 is 6.19. The molecular weight excluding hydrogens is 282 g/mol. The number of benzene rings is 1. The summed E-state index contributed by atoms with van der Waals surface area (Å²) < 4.78 is 0. The first kappa shape index (κ1) is 14.0. The van der Waals surface area contributed by atoms with Crippen LogP contribution in [0.4, 0.5) is 0 Å². The van der Waals surface area contributed by atoms with E-state index >= 15 is 0 Å². The molecule has 106 valence electrons. The van der Waals surface area contributed by atoms with Crippen LogP contribution in [0, 0.1) is 6.92 Å². The van der Waals surface area contributed by atoms with Gasteiger partial charge in [-0.2, -0.15) is 0 Å². The van der Waals surface area contributed by atoms with Gasteiger partial charge < -0.3 is 0 Å². The van der Waals surface area contributed by atoms with Gasteiger partial charge in [0.15, 0.2) is 0 Å². The van der Waals surface area contributed by atoms with Gasteiger partial charge in [-0.05, 0) is 19.1 Å². The first-order valence-electron chi connectivity index (χ1n) is 7.04. The Morgan fingerprint density at radius 3 is 2.62 bits per heavy atom. The lowest BCUT2D eigenvalue weighted by Crippen LogP contribution is -2.04. The molecule has 0 fully saturated rings. The largest absolute Gasteiger partial charge is 0.252 e. The molecule has 2 aromatic heterocycles. The zero-order valence-electron chi connectivity index (χ0n) is 12.1. The normalized spacial score (nSPS) is 11.0. The molecule has 21 heavy (non-hydrogen) atoms. The van der Waals surface area contributed by atoms with Gasteiger partial charge in [0.25, 0.3) is 0 Å². The van der Waals surface area contributed by atoms with Crippen LogP contribution in [0.15, 0.2) is 36.4 Å². The van der Waals surface area contributed by atoms with Gasteiger partial charge in [0.05, 0.1) is 11.2 Å². The number of para-hydroxylation sites is 1. The maximum Gasteiger partial charge on any atom is 0.135 e. The summed E-state index contributed by atoms with van der Waals surface area (Å²) in [5.41, 5.74) is 3.88. The Kier molecular flexibility index (Phi) is 3.84. The average Bonchev–Trinajstić information content (AvgIpc) is 2.51. The van der Waals surface area contributed by atoms with Crippen molar-refractivity contribution in [2.75, 3.05) is 0 Å². The van der Waals surface area contributed by atoms with Crippen molar-refractivity contribution in [1.29, 1.82) is 0 Å². The van der Waals surface area contributed by atoms with Crippen molar-refractivity contribution in [3.8, 4) is 0 Å². The number of aryl methyl sites for hydroxylation is 1. The second kappa shape index (κ2) is 5.78. The van der Waals surface area contributed by atoms with Crippen molar-refractivity contribution in [2.45, 2.75) is 26.7 Å². The number of halogens is 1. The summed E-state index contributed by atoms with van der Waals surface area (Å²) in [6.45, 7) is 3.98. The van der Waals surface area contributed by atoms with Gasteiger partial charge in [-0.3, -0.25) is 4.98 Å². The molecule has 0 atom stereocenters. The lowest BCUT2D eigenvalue weighted by Gasteiger charge is -2.09. The zero-order chi connectivity index (χ0) is 14.8. The third kappa shape index (κ3) is 2.88. The van der Waals surface area contributed by atoms with Crippen LogP contribution < -0.4 is 0 Å². The summed E-state index contributed by atoms with van der Waals surface area (Å²) in [5, 5.41) is 1.69. The Morgan fingerprint density at radius 1 is 1.00 bits per heavy atom. The highest BCUT2D eigenvalue weighted by Crippen LogP contribution is 2.19. The fourth-order valence-corrected chi connectivity index (χ4v) is 2.50. The Bertz CT molecular complexity index is 799. The second-order valence-electron chi connectivity index (χ2n) is 5.03. The maximum absolute atomic E-state index is 6.19. The highest BCUT2D eigenvalue weighted by atomic mass is 35.5. The highest BCUT2D eigenvalue weighted by molar-refractivity contribution is 6.30. The van der Waals surface area contributed by atoms with Crippen LogP contribution in [0.2, 0.25) is 5.15 Å². The van der Waals surface area contributed by atoms with E-state index in [4.69, 9.17) is 16.6 Å². The summed E-state index contributed by atoms with van der Waals surface area (Å²) in [7, 11) is 0. The fraction of sp³-hybridized carbons (Fsp3) is 0.235. The highest BCUT2D eigenvalue weighted by Gasteiger charge is 2.10. The van der Waals surface area contributed by atoms with Crippen molar-refractivity contribution in [2.24, 2.45) is 0 Å². The summed E-state index contributed by atoms with van der Waals surface area (Å²) in [5.74, 6) is 0.779. The molecule has 1 aromatic carbocycles.